The summed E-state index contributed by atoms with van der Waals surface area (Å²) in [4.78, 5) is 29.0. The molecule has 1 atom stereocenters. The fraction of sp³-hybridized carbons (Fsp3) is 0.273. The summed E-state index contributed by atoms with van der Waals surface area (Å²) in [6.45, 7) is 2.98. The van der Waals surface area contributed by atoms with Gasteiger partial charge in [0, 0.05) is 18.7 Å². The number of aryl methyl sites for hydroxylation is 1. The van der Waals surface area contributed by atoms with Gasteiger partial charge in [-0.15, -0.1) is 0 Å². The zero-order valence-corrected chi connectivity index (χ0v) is 15.8. The first-order valence-corrected chi connectivity index (χ1v) is 8.95. The van der Waals surface area contributed by atoms with Crippen molar-refractivity contribution >= 4 is 17.4 Å². The number of aliphatic hydroxyl groups is 1. The molecule has 1 aliphatic heterocycles. The van der Waals surface area contributed by atoms with Crippen LogP contribution in [0.15, 0.2) is 60.2 Å². The number of likely N-dealkylation sites (N-methyl/N-ethyl adjacent to an activating group) is 1. The second-order valence-corrected chi connectivity index (χ2v) is 7.07. The average Bonchev–Trinajstić information content (AvgIpc) is 2.91. The van der Waals surface area contributed by atoms with Crippen molar-refractivity contribution in [2.75, 3.05) is 27.2 Å². The Morgan fingerprint density at radius 1 is 1.04 bits per heavy atom. The summed E-state index contributed by atoms with van der Waals surface area (Å²) in [7, 11) is 3.83. The molecule has 27 heavy (non-hydrogen) atoms. The number of hydrogen-bond acceptors (Lipinski definition) is 4. The molecular weight excluding hydrogens is 340 g/mol. The van der Waals surface area contributed by atoms with Crippen LogP contribution in [-0.4, -0.2) is 53.8 Å². The normalized spacial score (nSPS) is 19.1. The zero-order valence-electron chi connectivity index (χ0n) is 15.8. The number of Topliss-reactive ketones (excluding diaryl/α,β-unsaturated/α-hetero) is 1. The van der Waals surface area contributed by atoms with Crippen LogP contribution in [0.25, 0.3) is 5.76 Å². The van der Waals surface area contributed by atoms with Gasteiger partial charge in [-0.05, 0) is 26.6 Å². The second-order valence-electron chi connectivity index (χ2n) is 7.07. The third-order valence-electron chi connectivity index (χ3n) is 4.77. The molecule has 1 amide bonds. The summed E-state index contributed by atoms with van der Waals surface area (Å²) in [5, 5.41) is 10.9. The minimum absolute atomic E-state index is 0.130. The molecule has 0 saturated carbocycles. The Bertz CT molecular complexity index is 870. The van der Waals surface area contributed by atoms with E-state index in [2.05, 4.69) is 0 Å². The quantitative estimate of drug-likeness (QED) is 0.503. The maximum absolute atomic E-state index is 12.8. The van der Waals surface area contributed by atoms with Crippen LogP contribution >= 0.6 is 0 Å². The van der Waals surface area contributed by atoms with E-state index in [1.807, 2.05) is 68.4 Å². The molecule has 0 aromatic heterocycles. The first-order chi connectivity index (χ1) is 12.9. The number of ketones is 1. The number of amides is 1. The lowest BCUT2D eigenvalue weighted by Gasteiger charge is -2.26. The summed E-state index contributed by atoms with van der Waals surface area (Å²) >= 11 is 0. The van der Waals surface area contributed by atoms with Gasteiger partial charge in [0.25, 0.3) is 11.7 Å². The smallest absolute Gasteiger partial charge is 0.295 e. The molecule has 1 heterocycles. The fourth-order valence-corrected chi connectivity index (χ4v) is 3.27. The monoisotopic (exact) mass is 364 g/mol. The maximum Gasteiger partial charge on any atom is 0.295 e. The van der Waals surface area contributed by atoms with Gasteiger partial charge < -0.3 is 14.9 Å². The molecular formula is C22H24N2O3. The molecule has 2 aromatic rings. The number of nitrogens with zero attached hydrogens (tertiary/aromatic N) is 2. The Hall–Kier alpha value is -2.92. The van der Waals surface area contributed by atoms with Gasteiger partial charge in [-0.2, -0.15) is 0 Å². The number of carbonyl (C=O) groups excluding carboxylic acids is 2. The molecule has 1 aliphatic rings. The highest BCUT2D eigenvalue weighted by molar-refractivity contribution is 6.46. The van der Waals surface area contributed by atoms with Gasteiger partial charge in [-0.1, -0.05) is 60.2 Å². The predicted octanol–water partition coefficient (Wildman–Crippen LogP) is 2.98. The van der Waals surface area contributed by atoms with E-state index in [-0.39, 0.29) is 11.3 Å². The van der Waals surface area contributed by atoms with Crippen LogP contribution in [0.1, 0.15) is 22.7 Å². The molecule has 3 rings (SSSR count). The second kappa shape index (κ2) is 7.76. The van der Waals surface area contributed by atoms with Gasteiger partial charge in [-0.25, -0.2) is 0 Å². The Labute approximate surface area is 159 Å². The lowest BCUT2D eigenvalue weighted by Crippen LogP contribution is -2.35. The first-order valence-electron chi connectivity index (χ1n) is 8.95. The molecule has 1 fully saturated rings. The lowest BCUT2D eigenvalue weighted by atomic mass is 9.95. The van der Waals surface area contributed by atoms with E-state index in [1.165, 1.54) is 0 Å². The number of carbonyl (C=O) groups is 2. The standard InChI is InChI=1S/C22H24N2O3/c1-15-9-11-17(12-10-15)20(25)18-19(16-7-5-4-6-8-16)24(14-13-23(2)3)22(27)21(18)26/h4-12,19,25H,13-14H2,1-3H3/b20-18+/t19-/m0/s1. The largest absolute Gasteiger partial charge is 0.507 e. The van der Waals surface area contributed by atoms with Crippen molar-refractivity contribution in [3.05, 3.63) is 76.9 Å². The Morgan fingerprint density at radius 3 is 2.26 bits per heavy atom. The van der Waals surface area contributed by atoms with E-state index in [9.17, 15) is 14.7 Å². The van der Waals surface area contributed by atoms with Crippen LogP contribution in [0.5, 0.6) is 0 Å². The maximum atomic E-state index is 12.8. The van der Waals surface area contributed by atoms with Gasteiger partial charge in [0.05, 0.1) is 11.6 Å². The number of hydrogen-bond donors (Lipinski definition) is 1. The molecule has 0 aliphatic carbocycles. The number of rotatable bonds is 5. The summed E-state index contributed by atoms with van der Waals surface area (Å²) in [6, 6.07) is 16.1. The van der Waals surface area contributed by atoms with Crippen molar-refractivity contribution in [3.8, 4) is 0 Å². The zero-order chi connectivity index (χ0) is 19.6. The molecule has 1 saturated heterocycles. The van der Waals surface area contributed by atoms with Gasteiger partial charge in [0.2, 0.25) is 0 Å². The van der Waals surface area contributed by atoms with E-state index in [4.69, 9.17) is 0 Å². The van der Waals surface area contributed by atoms with Crippen LogP contribution in [-0.2, 0) is 9.59 Å². The Balaban J connectivity index is 2.12. The van der Waals surface area contributed by atoms with Crippen LogP contribution in [0.4, 0.5) is 0 Å². The third-order valence-corrected chi connectivity index (χ3v) is 4.77. The van der Waals surface area contributed by atoms with Crippen LogP contribution in [0, 0.1) is 6.92 Å². The summed E-state index contributed by atoms with van der Waals surface area (Å²) in [5.74, 6) is -1.34. The minimum atomic E-state index is -0.638. The van der Waals surface area contributed by atoms with Gasteiger partial charge in [0.15, 0.2) is 0 Å². The highest BCUT2D eigenvalue weighted by Gasteiger charge is 2.45. The van der Waals surface area contributed by atoms with Gasteiger partial charge >= 0.3 is 0 Å². The van der Waals surface area contributed by atoms with Crippen LogP contribution in [0.3, 0.4) is 0 Å². The minimum Gasteiger partial charge on any atom is -0.507 e. The van der Waals surface area contributed by atoms with Crippen molar-refractivity contribution in [2.24, 2.45) is 0 Å². The van der Waals surface area contributed by atoms with Gasteiger partial charge in [-0.3, -0.25) is 9.59 Å². The van der Waals surface area contributed by atoms with Gasteiger partial charge in [0.1, 0.15) is 5.76 Å². The highest BCUT2D eigenvalue weighted by atomic mass is 16.3. The predicted molar refractivity (Wildman–Crippen MR) is 105 cm³/mol. The van der Waals surface area contributed by atoms with E-state index in [0.717, 1.165) is 11.1 Å². The summed E-state index contributed by atoms with van der Waals surface area (Å²) < 4.78 is 0. The van der Waals surface area contributed by atoms with E-state index in [1.54, 1.807) is 17.0 Å². The summed E-state index contributed by atoms with van der Waals surface area (Å²) in [6.07, 6.45) is 0. The lowest BCUT2D eigenvalue weighted by molar-refractivity contribution is -0.140. The summed E-state index contributed by atoms with van der Waals surface area (Å²) in [5.41, 5.74) is 2.54. The van der Waals surface area contributed by atoms with E-state index >= 15 is 0 Å². The molecule has 0 radical (unpaired) electrons. The Morgan fingerprint density at radius 2 is 1.67 bits per heavy atom. The number of aliphatic hydroxyl groups excluding tert-OH is 1. The molecule has 5 nitrogen and oxygen atoms in total. The highest BCUT2D eigenvalue weighted by Crippen LogP contribution is 2.39. The number of likely N-dealkylation sites (tertiary alicyclic amines) is 1. The average molecular weight is 364 g/mol. The van der Waals surface area contributed by atoms with E-state index in [0.29, 0.717) is 18.7 Å². The molecule has 5 heteroatoms. The molecule has 0 bridgehead atoms. The van der Waals surface area contributed by atoms with Crippen molar-refractivity contribution < 1.29 is 14.7 Å². The van der Waals surface area contributed by atoms with Crippen LogP contribution in [0.2, 0.25) is 0 Å². The Kier molecular flexibility index (Phi) is 5.42. The van der Waals surface area contributed by atoms with Crippen molar-refractivity contribution in [1.29, 1.82) is 0 Å². The van der Waals surface area contributed by atoms with Crippen molar-refractivity contribution in [2.45, 2.75) is 13.0 Å². The topological polar surface area (TPSA) is 60.9 Å². The van der Waals surface area contributed by atoms with Crippen molar-refractivity contribution in [3.63, 3.8) is 0 Å². The SMILES string of the molecule is Cc1ccc(/C(O)=C2\C(=O)C(=O)N(CCN(C)C)[C@H]2c2ccccc2)cc1. The number of benzene rings is 2. The molecule has 140 valence electrons. The first kappa shape index (κ1) is 18.9. The molecule has 0 unspecified atom stereocenters. The molecule has 1 N–H and O–H groups in total. The van der Waals surface area contributed by atoms with Crippen molar-refractivity contribution in [1.82, 2.24) is 9.80 Å². The van der Waals surface area contributed by atoms with E-state index < -0.39 is 17.7 Å². The van der Waals surface area contributed by atoms with Crippen LogP contribution < -0.4 is 0 Å². The fourth-order valence-electron chi connectivity index (χ4n) is 3.27. The third kappa shape index (κ3) is 3.78. The molecule has 0 spiro atoms. The molecule has 2 aromatic carbocycles.